The molecule has 2 aromatic carbocycles. The second-order valence-electron chi connectivity index (χ2n) is 11.8. The Morgan fingerprint density at radius 3 is 2.45 bits per heavy atom. The van der Waals surface area contributed by atoms with Gasteiger partial charge in [0.05, 0.1) is 30.1 Å². The Morgan fingerprint density at radius 2 is 1.82 bits per heavy atom. The molecule has 9 heteroatoms. The van der Waals surface area contributed by atoms with E-state index in [1.165, 1.54) is 4.90 Å². The number of anilines is 1. The smallest absolute Gasteiger partial charge is 0.250 e. The lowest BCUT2D eigenvalue weighted by atomic mass is 9.62. The van der Waals surface area contributed by atoms with Crippen LogP contribution in [0.15, 0.2) is 54.6 Å². The van der Waals surface area contributed by atoms with Gasteiger partial charge in [0.25, 0.3) is 0 Å². The minimum atomic E-state index is -1.20. The number of carbonyl (C=O) groups excluding carboxylic acids is 3. The third-order valence-electron chi connectivity index (χ3n) is 9.55. The Bertz CT molecular complexity index is 1270. The van der Waals surface area contributed by atoms with E-state index in [0.29, 0.717) is 30.1 Å². The third-order valence-corrected chi connectivity index (χ3v) is 9.80. The number of aliphatic hydroxyl groups is 1. The Morgan fingerprint density at radius 1 is 1.15 bits per heavy atom. The number of nitrogens with zero attached hydrogens (tertiary/aromatic N) is 1. The van der Waals surface area contributed by atoms with Crippen LogP contribution in [0.25, 0.3) is 0 Å². The lowest BCUT2D eigenvalue weighted by Gasteiger charge is -2.39. The number of halogens is 1. The van der Waals surface area contributed by atoms with Crippen molar-refractivity contribution in [1.82, 2.24) is 10.2 Å². The summed E-state index contributed by atoms with van der Waals surface area (Å²) in [5.74, 6) is -2.76. The van der Waals surface area contributed by atoms with Crippen LogP contribution in [0.2, 0.25) is 5.02 Å². The molecule has 214 valence electrons. The number of benzene rings is 2. The molecule has 5 rings (SSSR count). The van der Waals surface area contributed by atoms with Crippen LogP contribution in [0.1, 0.15) is 46.1 Å². The SMILES string of the molecule is CC[C@H](C)[C@H](CO)N1C(=O)[C@@H]2[C@@H](C(=O)NCc3ccccc3)[C@]3(C)OC2(CC3C)C1C(=O)Nc1ccc(Cl)cc1. The predicted octanol–water partition coefficient (Wildman–Crippen LogP) is 4.01. The first-order chi connectivity index (χ1) is 19.1. The molecule has 0 aliphatic carbocycles. The summed E-state index contributed by atoms with van der Waals surface area (Å²) in [4.78, 5) is 43.9. The van der Waals surface area contributed by atoms with Gasteiger partial charge >= 0.3 is 0 Å². The molecule has 8 atom stereocenters. The zero-order chi connectivity index (χ0) is 28.8. The third kappa shape index (κ3) is 4.50. The first-order valence-corrected chi connectivity index (χ1v) is 14.5. The van der Waals surface area contributed by atoms with Gasteiger partial charge in [-0.15, -0.1) is 0 Å². The number of likely N-dealkylation sites (tertiary alicyclic amines) is 1. The summed E-state index contributed by atoms with van der Waals surface area (Å²) in [6.45, 7) is 7.88. The van der Waals surface area contributed by atoms with E-state index in [4.69, 9.17) is 16.3 Å². The van der Waals surface area contributed by atoms with Crippen molar-refractivity contribution in [2.45, 2.75) is 70.4 Å². The van der Waals surface area contributed by atoms with Crippen molar-refractivity contribution in [3.8, 4) is 0 Å². The zero-order valence-electron chi connectivity index (χ0n) is 23.4. The molecule has 0 saturated carbocycles. The molecule has 3 aliphatic heterocycles. The fraction of sp³-hybridized carbons (Fsp3) is 0.516. The van der Waals surface area contributed by atoms with E-state index in [-0.39, 0.29) is 30.3 Å². The quantitative estimate of drug-likeness (QED) is 0.424. The van der Waals surface area contributed by atoms with E-state index in [2.05, 4.69) is 10.6 Å². The van der Waals surface area contributed by atoms with E-state index in [1.807, 2.05) is 58.0 Å². The lowest BCUT2D eigenvalue weighted by Crippen LogP contribution is -2.57. The van der Waals surface area contributed by atoms with Gasteiger partial charge in [0.1, 0.15) is 11.6 Å². The van der Waals surface area contributed by atoms with E-state index in [1.54, 1.807) is 24.3 Å². The van der Waals surface area contributed by atoms with Crippen LogP contribution < -0.4 is 10.6 Å². The van der Waals surface area contributed by atoms with Gasteiger partial charge in [0, 0.05) is 17.3 Å². The Balaban J connectivity index is 1.54. The normalized spacial score (nSPS) is 32.0. The number of nitrogens with one attached hydrogen (secondary N) is 2. The van der Waals surface area contributed by atoms with Gasteiger partial charge in [0.15, 0.2) is 0 Å². The number of rotatable bonds is 9. The van der Waals surface area contributed by atoms with Gasteiger partial charge in [-0.2, -0.15) is 0 Å². The Kier molecular flexibility index (Phi) is 7.72. The molecule has 0 aromatic heterocycles. The van der Waals surface area contributed by atoms with Crippen molar-refractivity contribution < 1.29 is 24.2 Å². The number of ether oxygens (including phenoxy) is 1. The summed E-state index contributed by atoms with van der Waals surface area (Å²) in [5, 5.41) is 17.0. The molecule has 2 bridgehead atoms. The van der Waals surface area contributed by atoms with Crippen LogP contribution in [0.3, 0.4) is 0 Å². The summed E-state index contributed by atoms with van der Waals surface area (Å²) < 4.78 is 6.78. The number of hydrogen-bond acceptors (Lipinski definition) is 5. The maximum atomic E-state index is 14.4. The molecule has 3 fully saturated rings. The van der Waals surface area contributed by atoms with Gasteiger partial charge < -0.3 is 25.4 Å². The summed E-state index contributed by atoms with van der Waals surface area (Å²) in [7, 11) is 0. The average molecular weight is 568 g/mol. The van der Waals surface area contributed by atoms with E-state index in [0.717, 1.165) is 5.56 Å². The van der Waals surface area contributed by atoms with E-state index in [9.17, 15) is 19.5 Å². The van der Waals surface area contributed by atoms with Crippen LogP contribution in [0.4, 0.5) is 5.69 Å². The van der Waals surface area contributed by atoms with Crippen LogP contribution in [0.5, 0.6) is 0 Å². The van der Waals surface area contributed by atoms with Crippen LogP contribution in [0, 0.1) is 23.7 Å². The lowest BCUT2D eigenvalue weighted by molar-refractivity contribution is -0.150. The first-order valence-electron chi connectivity index (χ1n) is 14.1. The zero-order valence-corrected chi connectivity index (χ0v) is 24.1. The summed E-state index contributed by atoms with van der Waals surface area (Å²) in [6.07, 6.45) is 1.16. The highest BCUT2D eigenvalue weighted by Gasteiger charge is 2.80. The summed E-state index contributed by atoms with van der Waals surface area (Å²) in [5.41, 5.74) is -0.631. The molecule has 1 spiro atoms. The summed E-state index contributed by atoms with van der Waals surface area (Å²) in [6, 6.07) is 14.7. The summed E-state index contributed by atoms with van der Waals surface area (Å²) >= 11 is 6.04. The molecule has 3 saturated heterocycles. The average Bonchev–Trinajstić information content (AvgIpc) is 3.46. The molecule has 3 amide bonds. The Labute approximate surface area is 240 Å². The van der Waals surface area contributed by atoms with Crippen LogP contribution in [-0.2, 0) is 25.7 Å². The minimum Gasteiger partial charge on any atom is -0.394 e. The molecular formula is C31H38ClN3O5. The second-order valence-corrected chi connectivity index (χ2v) is 12.2. The topological polar surface area (TPSA) is 108 Å². The van der Waals surface area contributed by atoms with Gasteiger partial charge in [-0.3, -0.25) is 14.4 Å². The van der Waals surface area contributed by atoms with Crippen LogP contribution in [-0.4, -0.2) is 57.6 Å². The highest BCUT2D eigenvalue weighted by atomic mass is 35.5. The molecule has 0 radical (unpaired) electrons. The number of hydrogen-bond donors (Lipinski definition) is 3. The molecule has 3 aliphatic rings. The van der Waals surface area contributed by atoms with Gasteiger partial charge in [-0.05, 0) is 55.0 Å². The number of aliphatic hydroxyl groups excluding tert-OH is 1. The maximum absolute atomic E-state index is 14.4. The van der Waals surface area contributed by atoms with Crippen molar-refractivity contribution in [1.29, 1.82) is 0 Å². The van der Waals surface area contributed by atoms with Crippen molar-refractivity contribution in [3.05, 3.63) is 65.2 Å². The number of amides is 3. The van der Waals surface area contributed by atoms with Crippen molar-refractivity contribution in [2.24, 2.45) is 23.7 Å². The fourth-order valence-electron chi connectivity index (χ4n) is 7.19. The van der Waals surface area contributed by atoms with E-state index < -0.39 is 41.0 Å². The number of fused-ring (bicyclic) bond motifs is 1. The molecular weight excluding hydrogens is 530 g/mol. The van der Waals surface area contributed by atoms with Gasteiger partial charge in [-0.1, -0.05) is 69.1 Å². The molecule has 3 heterocycles. The maximum Gasteiger partial charge on any atom is 0.250 e. The predicted molar refractivity (Wildman–Crippen MR) is 152 cm³/mol. The minimum absolute atomic E-state index is 0.0778. The van der Waals surface area contributed by atoms with Gasteiger partial charge in [0.2, 0.25) is 17.7 Å². The van der Waals surface area contributed by atoms with Crippen molar-refractivity contribution in [3.63, 3.8) is 0 Å². The van der Waals surface area contributed by atoms with Crippen LogP contribution >= 0.6 is 11.6 Å². The monoisotopic (exact) mass is 567 g/mol. The highest BCUT2D eigenvalue weighted by molar-refractivity contribution is 6.30. The van der Waals surface area contributed by atoms with E-state index >= 15 is 0 Å². The standard InChI is InChI=1S/C31H38ClN3O5/c1-5-18(2)23(17-36)35-26(28(38)34-22-13-11-21(32)12-14-22)31-15-19(3)30(4,40-31)24(25(31)29(35)39)27(37)33-16-20-9-7-6-8-10-20/h6-14,18-19,23-26,36H,5,15-17H2,1-4H3,(H,33,37)(H,34,38)/t18-,19?,23-,24-,25-,26?,30+,31?/m0/s1. The second kappa shape index (κ2) is 10.8. The fourth-order valence-corrected chi connectivity index (χ4v) is 7.31. The highest BCUT2D eigenvalue weighted by Crippen LogP contribution is 2.65. The molecule has 2 aromatic rings. The molecule has 40 heavy (non-hydrogen) atoms. The van der Waals surface area contributed by atoms with Crippen molar-refractivity contribution in [2.75, 3.05) is 11.9 Å². The first kappa shape index (κ1) is 28.6. The molecule has 3 N–H and O–H groups in total. The molecule has 8 nitrogen and oxygen atoms in total. The largest absolute Gasteiger partial charge is 0.394 e. The molecule has 3 unspecified atom stereocenters. The number of carbonyl (C=O) groups is 3. The van der Waals surface area contributed by atoms with Crippen molar-refractivity contribution >= 4 is 35.0 Å². The van der Waals surface area contributed by atoms with Gasteiger partial charge in [-0.25, -0.2) is 0 Å². The Hall–Kier alpha value is -2.94.